The van der Waals surface area contributed by atoms with E-state index in [0.29, 0.717) is 40.8 Å². The molecule has 0 radical (unpaired) electrons. The summed E-state index contributed by atoms with van der Waals surface area (Å²) in [7, 11) is 0. The van der Waals surface area contributed by atoms with Gasteiger partial charge in [0.15, 0.2) is 4.96 Å². The van der Waals surface area contributed by atoms with Crippen LogP contribution in [0.1, 0.15) is 27.4 Å². The lowest BCUT2D eigenvalue weighted by Crippen LogP contribution is -2.14. The van der Waals surface area contributed by atoms with E-state index < -0.39 is 0 Å². The second-order valence-electron chi connectivity index (χ2n) is 7.44. The van der Waals surface area contributed by atoms with Gasteiger partial charge in [0.1, 0.15) is 35.4 Å². The van der Waals surface area contributed by atoms with Crippen LogP contribution in [0.15, 0.2) is 64.6 Å². The molecule has 5 aromatic rings. The van der Waals surface area contributed by atoms with Crippen molar-refractivity contribution >= 4 is 28.0 Å². The van der Waals surface area contributed by atoms with E-state index in [-0.39, 0.29) is 11.7 Å². The van der Waals surface area contributed by atoms with Gasteiger partial charge in [0.25, 0.3) is 5.91 Å². The minimum Gasteiger partial charge on any atom is -0.489 e. The molecule has 0 aliphatic rings. The molecule has 5 rings (SSSR count). The number of amides is 1. The van der Waals surface area contributed by atoms with E-state index >= 15 is 0 Å². The molecule has 3 aromatic heterocycles. The van der Waals surface area contributed by atoms with Gasteiger partial charge in [0.05, 0.1) is 11.3 Å². The fourth-order valence-electron chi connectivity index (χ4n) is 3.48. The van der Waals surface area contributed by atoms with Crippen LogP contribution >= 0.6 is 11.3 Å². The lowest BCUT2D eigenvalue weighted by atomic mass is 10.1. The first-order valence-electron chi connectivity index (χ1n) is 10.2. The van der Waals surface area contributed by atoms with Gasteiger partial charge < -0.3 is 14.6 Å². The average molecular weight is 463 g/mol. The number of rotatable bonds is 6. The monoisotopic (exact) mass is 462 g/mol. The van der Waals surface area contributed by atoms with Gasteiger partial charge >= 0.3 is 0 Å². The predicted molar refractivity (Wildman–Crippen MR) is 123 cm³/mol. The third kappa shape index (κ3) is 4.10. The van der Waals surface area contributed by atoms with E-state index in [1.165, 1.54) is 23.5 Å². The summed E-state index contributed by atoms with van der Waals surface area (Å²) in [6.45, 7) is 3.98. The molecule has 1 amide bonds. The molecule has 0 fully saturated rings. The average Bonchev–Trinajstić information content (AvgIpc) is 3.50. The first-order chi connectivity index (χ1) is 16.0. The lowest BCUT2D eigenvalue weighted by Gasteiger charge is -2.10. The lowest BCUT2D eigenvalue weighted by molar-refractivity contribution is 0.102. The van der Waals surface area contributed by atoms with Crippen molar-refractivity contribution in [2.24, 2.45) is 0 Å². The Balaban J connectivity index is 1.40. The van der Waals surface area contributed by atoms with Gasteiger partial charge in [0.2, 0.25) is 0 Å². The van der Waals surface area contributed by atoms with E-state index in [0.717, 1.165) is 16.2 Å². The SMILES string of the molecule is Cc1noc(C)c1COc1cccc(C(=O)Nc2c(-c3ccc(F)cc3)nc3sccn23)c1. The molecule has 0 saturated heterocycles. The Bertz CT molecular complexity index is 1430. The minimum absolute atomic E-state index is 0.291. The second-order valence-corrected chi connectivity index (χ2v) is 8.32. The summed E-state index contributed by atoms with van der Waals surface area (Å²) in [5, 5.41) is 8.77. The maximum Gasteiger partial charge on any atom is 0.256 e. The quantitative estimate of drug-likeness (QED) is 0.353. The fraction of sp³-hybridized carbons (Fsp3) is 0.125. The zero-order valence-electron chi connectivity index (χ0n) is 17.8. The molecule has 0 spiro atoms. The van der Waals surface area contributed by atoms with Gasteiger partial charge in [-0.2, -0.15) is 0 Å². The van der Waals surface area contributed by atoms with Crippen LogP contribution in [0.5, 0.6) is 5.75 Å². The van der Waals surface area contributed by atoms with Crippen LogP contribution in [0.4, 0.5) is 10.2 Å². The highest BCUT2D eigenvalue weighted by Crippen LogP contribution is 2.31. The number of anilines is 1. The van der Waals surface area contributed by atoms with Crippen molar-refractivity contribution in [1.29, 1.82) is 0 Å². The Kier molecular flexibility index (Phi) is 5.39. The van der Waals surface area contributed by atoms with Crippen molar-refractivity contribution in [1.82, 2.24) is 14.5 Å². The smallest absolute Gasteiger partial charge is 0.256 e. The van der Waals surface area contributed by atoms with Gasteiger partial charge in [-0.25, -0.2) is 9.37 Å². The van der Waals surface area contributed by atoms with Crippen LogP contribution in [0, 0.1) is 19.7 Å². The summed E-state index contributed by atoms with van der Waals surface area (Å²) in [4.78, 5) is 18.5. The molecular formula is C24H19FN4O3S. The van der Waals surface area contributed by atoms with E-state index in [1.54, 1.807) is 40.8 Å². The highest BCUT2D eigenvalue weighted by atomic mass is 32.1. The van der Waals surface area contributed by atoms with Crippen LogP contribution in [-0.2, 0) is 6.61 Å². The van der Waals surface area contributed by atoms with Crippen molar-refractivity contribution in [3.05, 3.63) is 88.5 Å². The maximum atomic E-state index is 13.4. The molecule has 2 aromatic carbocycles. The third-order valence-corrected chi connectivity index (χ3v) is 6.03. The normalized spacial score (nSPS) is 11.1. The number of fused-ring (bicyclic) bond motifs is 1. The van der Waals surface area contributed by atoms with Crippen molar-refractivity contribution < 1.29 is 18.4 Å². The van der Waals surface area contributed by atoms with Gasteiger partial charge in [-0.05, 0) is 56.3 Å². The summed E-state index contributed by atoms with van der Waals surface area (Å²) >= 11 is 1.45. The molecule has 0 unspecified atom stereocenters. The largest absolute Gasteiger partial charge is 0.489 e. The summed E-state index contributed by atoms with van der Waals surface area (Å²) in [5.74, 6) is 1.13. The van der Waals surface area contributed by atoms with Crippen molar-refractivity contribution in [2.45, 2.75) is 20.5 Å². The van der Waals surface area contributed by atoms with Crippen LogP contribution in [0.3, 0.4) is 0 Å². The zero-order valence-corrected chi connectivity index (χ0v) is 18.6. The molecule has 166 valence electrons. The number of nitrogens with zero attached hydrogens (tertiary/aromatic N) is 3. The van der Waals surface area contributed by atoms with Crippen molar-refractivity contribution in [3.8, 4) is 17.0 Å². The minimum atomic E-state index is -0.334. The zero-order chi connectivity index (χ0) is 22.9. The number of imidazole rings is 1. The third-order valence-electron chi connectivity index (χ3n) is 5.27. The van der Waals surface area contributed by atoms with Gasteiger partial charge in [-0.1, -0.05) is 11.2 Å². The number of hydrogen-bond donors (Lipinski definition) is 1. The van der Waals surface area contributed by atoms with Crippen LogP contribution in [-0.4, -0.2) is 20.4 Å². The Morgan fingerprint density at radius 1 is 1.21 bits per heavy atom. The molecule has 7 nitrogen and oxygen atoms in total. The topological polar surface area (TPSA) is 81.7 Å². The molecule has 9 heteroatoms. The summed E-state index contributed by atoms with van der Waals surface area (Å²) < 4.78 is 26.2. The first kappa shape index (κ1) is 20.9. The summed E-state index contributed by atoms with van der Waals surface area (Å²) in [6.07, 6.45) is 1.83. The molecule has 0 aliphatic heterocycles. The van der Waals surface area contributed by atoms with Crippen LogP contribution in [0.2, 0.25) is 0 Å². The van der Waals surface area contributed by atoms with E-state index in [4.69, 9.17) is 9.26 Å². The van der Waals surface area contributed by atoms with E-state index in [2.05, 4.69) is 15.5 Å². The number of carbonyl (C=O) groups is 1. The second kappa shape index (κ2) is 8.51. The Morgan fingerprint density at radius 2 is 2.03 bits per heavy atom. The highest BCUT2D eigenvalue weighted by Gasteiger charge is 2.19. The molecule has 0 atom stereocenters. The number of nitrogens with one attached hydrogen (secondary N) is 1. The fourth-order valence-corrected chi connectivity index (χ4v) is 4.20. The number of halogens is 1. The van der Waals surface area contributed by atoms with Crippen molar-refractivity contribution in [3.63, 3.8) is 0 Å². The number of ether oxygens (including phenoxy) is 1. The summed E-state index contributed by atoms with van der Waals surface area (Å²) in [6, 6.07) is 13.0. The molecule has 0 aliphatic carbocycles. The number of aryl methyl sites for hydroxylation is 2. The molecule has 0 bridgehead atoms. The molecule has 0 saturated carbocycles. The molecular weight excluding hydrogens is 443 g/mol. The van der Waals surface area contributed by atoms with Gasteiger partial charge in [-0.3, -0.25) is 9.20 Å². The standard InChI is InChI=1S/C24H19FN4O3S/c1-14-20(15(2)32-28-14)13-31-19-5-3-4-17(12-19)23(30)27-22-21(16-6-8-18(25)9-7-16)26-24-29(22)10-11-33-24/h3-12H,13H2,1-2H3,(H,27,30). The Labute approximate surface area is 192 Å². The van der Waals surface area contributed by atoms with Gasteiger partial charge in [-0.15, -0.1) is 11.3 Å². The Hall–Kier alpha value is -3.98. The molecule has 33 heavy (non-hydrogen) atoms. The predicted octanol–water partition coefficient (Wildman–Crippen LogP) is 5.64. The maximum absolute atomic E-state index is 13.4. The number of hydrogen-bond acceptors (Lipinski definition) is 6. The van der Waals surface area contributed by atoms with Crippen molar-refractivity contribution in [2.75, 3.05) is 5.32 Å². The molecule has 3 heterocycles. The molecule has 1 N–H and O–H groups in total. The first-order valence-corrected chi connectivity index (χ1v) is 11.0. The van der Waals surface area contributed by atoms with E-state index in [9.17, 15) is 9.18 Å². The van der Waals surface area contributed by atoms with Crippen LogP contribution < -0.4 is 10.1 Å². The number of aromatic nitrogens is 3. The van der Waals surface area contributed by atoms with Crippen LogP contribution in [0.25, 0.3) is 16.2 Å². The Morgan fingerprint density at radius 3 is 2.79 bits per heavy atom. The number of benzene rings is 2. The summed E-state index contributed by atoms with van der Waals surface area (Å²) in [5.41, 5.74) is 3.37. The van der Waals surface area contributed by atoms with E-state index in [1.807, 2.05) is 25.4 Å². The highest BCUT2D eigenvalue weighted by molar-refractivity contribution is 7.15. The number of thiazole rings is 1. The van der Waals surface area contributed by atoms with Gasteiger partial charge in [0, 0.05) is 22.7 Å². The number of carbonyl (C=O) groups excluding carboxylic acids is 1.